The minimum atomic E-state index is -0.509. The third-order valence-corrected chi connectivity index (χ3v) is 2.73. The third kappa shape index (κ3) is 3.26. The highest BCUT2D eigenvalue weighted by molar-refractivity contribution is 6.30. The van der Waals surface area contributed by atoms with Gasteiger partial charge in [-0.2, -0.15) is 5.10 Å². The fraction of sp³-hybridized carbons (Fsp3) is 0.231. The molecule has 0 atom stereocenters. The molecule has 1 aromatic heterocycles. The maximum absolute atomic E-state index is 11.6. The quantitative estimate of drug-likeness (QED) is 0.872. The summed E-state index contributed by atoms with van der Waals surface area (Å²) in [5, 5.41) is 4.78. The van der Waals surface area contributed by atoms with Gasteiger partial charge in [0, 0.05) is 11.2 Å². The highest BCUT2D eigenvalue weighted by atomic mass is 35.5. The van der Waals surface area contributed by atoms with Gasteiger partial charge in [-0.05, 0) is 24.6 Å². The summed E-state index contributed by atoms with van der Waals surface area (Å²) in [5.74, 6) is -0.509. The van der Waals surface area contributed by atoms with Crippen LogP contribution >= 0.6 is 11.6 Å². The van der Waals surface area contributed by atoms with E-state index in [2.05, 4.69) is 5.10 Å². The number of hydrogen-bond donors (Lipinski definition) is 1. The van der Waals surface area contributed by atoms with Crippen LogP contribution in [0.4, 0.5) is 5.69 Å². The van der Waals surface area contributed by atoms with Crippen LogP contribution in [0.2, 0.25) is 5.02 Å². The number of anilines is 1. The summed E-state index contributed by atoms with van der Waals surface area (Å²) >= 11 is 5.91. The molecule has 19 heavy (non-hydrogen) atoms. The number of carbonyl (C=O) groups is 1. The van der Waals surface area contributed by atoms with E-state index in [-0.39, 0.29) is 5.69 Å². The van der Waals surface area contributed by atoms with E-state index in [0.717, 1.165) is 5.56 Å². The molecule has 0 unspecified atom stereocenters. The first kappa shape index (κ1) is 13.4. The van der Waals surface area contributed by atoms with Gasteiger partial charge < -0.3 is 10.5 Å². The van der Waals surface area contributed by atoms with Crippen molar-refractivity contribution in [2.45, 2.75) is 13.5 Å². The lowest BCUT2D eigenvalue weighted by Crippen LogP contribution is -2.09. The van der Waals surface area contributed by atoms with Crippen LogP contribution in [0.3, 0.4) is 0 Å². The first-order valence-corrected chi connectivity index (χ1v) is 6.22. The van der Waals surface area contributed by atoms with E-state index in [1.807, 2.05) is 18.2 Å². The largest absolute Gasteiger partial charge is 0.461 e. The van der Waals surface area contributed by atoms with Gasteiger partial charge in [0.25, 0.3) is 0 Å². The average Bonchev–Trinajstić information content (AvgIpc) is 2.70. The van der Waals surface area contributed by atoms with E-state index in [9.17, 15) is 4.79 Å². The van der Waals surface area contributed by atoms with Crippen molar-refractivity contribution >= 4 is 23.3 Å². The van der Waals surface area contributed by atoms with E-state index >= 15 is 0 Å². The Bertz CT molecular complexity index is 595. The Labute approximate surface area is 115 Å². The first-order valence-electron chi connectivity index (χ1n) is 5.84. The van der Waals surface area contributed by atoms with Crippen molar-refractivity contribution in [3.8, 4) is 0 Å². The second-order valence-corrected chi connectivity index (χ2v) is 4.42. The van der Waals surface area contributed by atoms with Gasteiger partial charge in [0.15, 0.2) is 5.69 Å². The van der Waals surface area contributed by atoms with Gasteiger partial charge in [-0.3, -0.25) is 4.68 Å². The molecule has 0 radical (unpaired) electrons. The van der Waals surface area contributed by atoms with Crippen molar-refractivity contribution in [3.63, 3.8) is 0 Å². The minimum absolute atomic E-state index is 0.142. The van der Waals surface area contributed by atoms with Crippen LogP contribution in [-0.2, 0) is 11.3 Å². The van der Waals surface area contributed by atoms with Crippen molar-refractivity contribution < 1.29 is 9.53 Å². The molecular formula is C13H14ClN3O2. The molecule has 0 spiro atoms. The number of halogens is 1. The zero-order chi connectivity index (χ0) is 13.8. The Hall–Kier alpha value is -2.01. The molecule has 5 nitrogen and oxygen atoms in total. The van der Waals surface area contributed by atoms with E-state index in [1.165, 1.54) is 0 Å². The molecule has 0 saturated heterocycles. The zero-order valence-corrected chi connectivity index (χ0v) is 11.2. The molecule has 2 rings (SSSR count). The van der Waals surface area contributed by atoms with Gasteiger partial charge in [0.1, 0.15) is 0 Å². The Kier molecular flexibility index (Phi) is 4.06. The molecule has 0 aliphatic heterocycles. The summed E-state index contributed by atoms with van der Waals surface area (Å²) in [6.45, 7) is 2.51. The average molecular weight is 280 g/mol. The van der Waals surface area contributed by atoms with Crippen LogP contribution in [0.5, 0.6) is 0 Å². The molecule has 1 aromatic carbocycles. The lowest BCUT2D eigenvalue weighted by molar-refractivity contribution is 0.0519. The number of nitrogens with two attached hydrogens (primary N) is 1. The summed E-state index contributed by atoms with van der Waals surface area (Å²) in [4.78, 5) is 11.6. The van der Waals surface area contributed by atoms with Crippen LogP contribution in [0.1, 0.15) is 23.0 Å². The Morgan fingerprint density at radius 3 is 3.00 bits per heavy atom. The number of carbonyl (C=O) groups excluding carboxylic acids is 1. The molecular weight excluding hydrogens is 266 g/mol. The van der Waals surface area contributed by atoms with Gasteiger partial charge in [-0.1, -0.05) is 23.7 Å². The molecule has 2 N–H and O–H groups in total. The van der Waals surface area contributed by atoms with E-state index in [0.29, 0.717) is 23.9 Å². The Balaban J connectivity index is 2.18. The molecule has 0 saturated carbocycles. The van der Waals surface area contributed by atoms with Crippen LogP contribution in [-0.4, -0.2) is 22.4 Å². The van der Waals surface area contributed by atoms with Gasteiger partial charge in [0.2, 0.25) is 0 Å². The lowest BCUT2D eigenvalue weighted by Gasteiger charge is -2.02. The monoisotopic (exact) mass is 279 g/mol. The van der Waals surface area contributed by atoms with E-state index in [4.69, 9.17) is 22.1 Å². The van der Waals surface area contributed by atoms with Crippen LogP contribution < -0.4 is 5.73 Å². The van der Waals surface area contributed by atoms with Crippen molar-refractivity contribution in [2.24, 2.45) is 0 Å². The van der Waals surface area contributed by atoms with Gasteiger partial charge >= 0.3 is 5.97 Å². The number of benzene rings is 1. The van der Waals surface area contributed by atoms with Crippen LogP contribution in [0.15, 0.2) is 30.5 Å². The predicted molar refractivity (Wildman–Crippen MR) is 73.1 cm³/mol. The van der Waals surface area contributed by atoms with E-state index in [1.54, 1.807) is 23.9 Å². The molecule has 0 aliphatic rings. The second-order valence-electron chi connectivity index (χ2n) is 3.98. The fourth-order valence-corrected chi connectivity index (χ4v) is 1.91. The third-order valence-electron chi connectivity index (χ3n) is 2.49. The molecule has 0 bridgehead atoms. The normalized spacial score (nSPS) is 10.4. The SMILES string of the molecule is CCOC(=O)c1nn(Cc2cccc(Cl)c2)cc1N. The number of aromatic nitrogens is 2. The van der Waals surface area contributed by atoms with Gasteiger partial charge in [-0.25, -0.2) is 4.79 Å². The van der Waals surface area contributed by atoms with Crippen molar-refractivity contribution in [2.75, 3.05) is 12.3 Å². The Morgan fingerprint density at radius 1 is 1.53 bits per heavy atom. The lowest BCUT2D eigenvalue weighted by atomic mass is 10.2. The Morgan fingerprint density at radius 2 is 2.32 bits per heavy atom. The number of nitrogens with zero attached hydrogens (tertiary/aromatic N) is 2. The smallest absolute Gasteiger partial charge is 0.361 e. The molecule has 1 heterocycles. The predicted octanol–water partition coefficient (Wildman–Crippen LogP) is 2.34. The summed E-state index contributed by atoms with van der Waals surface area (Å²) in [6.07, 6.45) is 1.60. The number of hydrogen-bond acceptors (Lipinski definition) is 4. The fourth-order valence-electron chi connectivity index (χ4n) is 1.70. The number of nitrogen functional groups attached to an aromatic ring is 1. The highest BCUT2D eigenvalue weighted by Crippen LogP contribution is 2.15. The van der Waals surface area contributed by atoms with Crippen molar-refractivity contribution in [1.82, 2.24) is 9.78 Å². The maximum atomic E-state index is 11.6. The highest BCUT2D eigenvalue weighted by Gasteiger charge is 2.15. The number of ether oxygens (including phenoxy) is 1. The summed E-state index contributed by atoms with van der Waals surface area (Å²) < 4.78 is 6.47. The van der Waals surface area contributed by atoms with E-state index < -0.39 is 5.97 Å². The maximum Gasteiger partial charge on any atom is 0.361 e. The summed E-state index contributed by atoms with van der Waals surface area (Å²) in [5.41, 5.74) is 7.17. The molecule has 100 valence electrons. The first-order chi connectivity index (χ1) is 9.10. The van der Waals surface area contributed by atoms with Crippen molar-refractivity contribution in [1.29, 1.82) is 0 Å². The topological polar surface area (TPSA) is 70.1 Å². The number of esters is 1. The number of rotatable bonds is 4. The van der Waals surface area contributed by atoms with Crippen LogP contribution in [0.25, 0.3) is 0 Å². The second kappa shape index (κ2) is 5.75. The van der Waals surface area contributed by atoms with Gasteiger partial charge in [-0.15, -0.1) is 0 Å². The molecule has 0 fully saturated rings. The standard InChI is InChI=1S/C13H14ClN3O2/c1-2-19-13(18)12-11(15)8-17(16-12)7-9-4-3-5-10(14)6-9/h3-6,8H,2,7,15H2,1H3. The minimum Gasteiger partial charge on any atom is -0.461 e. The zero-order valence-electron chi connectivity index (χ0n) is 10.5. The van der Waals surface area contributed by atoms with Gasteiger partial charge in [0.05, 0.1) is 18.8 Å². The summed E-state index contributed by atoms with van der Waals surface area (Å²) in [6, 6.07) is 7.42. The van der Waals surface area contributed by atoms with Crippen LogP contribution in [0, 0.1) is 0 Å². The van der Waals surface area contributed by atoms with Crippen molar-refractivity contribution in [3.05, 3.63) is 46.7 Å². The molecule has 2 aromatic rings. The molecule has 0 amide bonds. The summed E-state index contributed by atoms with van der Waals surface area (Å²) in [7, 11) is 0. The molecule has 0 aliphatic carbocycles. The molecule has 6 heteroatoms.